The summed E-state index contributed by atoms with van der Waals surface area (Å²) in [7, 11) is 11.0. The van der Waals surface area contributed by atoms with Crippen LogP contribution in [-0.2, 0) is 33.7 Å². The van der Waals surface area contributed by atoms with E-state index in [9.17, 15) is 0 Å². The van der Waals surface area contributed by atoms with Crippen molar-refractivity contribution in [3.63, 3.8) is 0 Å². The molecule has 0 fully saturated rings. The van der Waals surface area contributed by atoms with Crippen molar-refractivity contribution in [2.24, 2.45) is 0 Å². The fourth-order valence-corrected chi connectivity index (χ4v) is 6.94. The third kappa shape index (κ3) is 10.9. The fraction of sp³-hybridized carbons (Fsp3) is 0.348. The molecule has 0 heterocycles. The van der Waals surface area contributed by atoms with E-state index in [1.807, 2.05) is 0 Å². The average Bonchev–Trinajstić information content (AvgIpc) is 3.69. The molecule has 0 bridgehead atoms. The second kappa shape index (κ2) is 21.3. The van der Waals surface area contributed by atoms with E-state index in [1.54, 1.807) is 0 Å². The molecule has 6 aromatic rings. The molecule has 0 unspecified atom stereocenters. The van der Waals surface area contributed by atoms with Crippen LogP contribution < -0.4 is 0 Å². The Morgan fingerprint density at radius 3 is 1.26 bits per heavy atom. The summed E-state index contributed by atoms with van der Waals surface area (Å²) >= 11 is -0.826. The average molecular weight is 799 g/mol. The fourth-order valence-electron chi connectivity index (χ4n) is 6.94. The van der Waals surface area contributed by atoms with Gasteiger partial charge in [0.2, 0.25) is 0 Å². The second-order valence-electron chi connectivity index (χ2n) is 13.8. The molecular weight excluding hydrogens is 743 g/mol. The van der Waals surface area contributed by atoms with Gasteiger partial charge >= 0.3 is 37.9 Å². The summed E-state index contributed by atoms with van der Waals surface area (Å²) in [4.78, 5) is 0. The molecule has 0 aliphatic heterocycles. The van der Waals surface area contributed by atoms with Gasteiger partial charge in [0.05, 0.1) is 0 Å². The van der Waals surface area contributed by atoms with Gasteiger partial charge in [-0.25, -0.2) is 0 Å². The van der Waals surface area contributed by atoms with Crippen molar-refractivity contribution in [1.29, 1.82) is 0 Å². The van der Waals surface area contributed by atoms with E-state index in [0.29, 0.717) is 11.8 Å². The summed E-state index contributed by atoms with van der Waals surface area (Å²) in [6.07, 6.45) is 4.73. The van der Waals surface area contributed by atoms with E-state index in [-0.39, 0.29) is 0 Å². The molecule has 0 saturated heterocycles. The Morgan fingerprint density at radius 1 is 0.600 bits per heavy atom. The molecule has 0 amide bonds. The number of halogens is 2. The van der Waals surface area contributed by atoms with E-state index >= 15 is 0 Å². The first-order valence-corrected chi connectivity index (χ1v) is 26.5. The Labute approximate surface area is 325 Å². The van der Waals surface area contributed by atoms with Crippen LogP contribution in [0.2, 0.25) is 13.1 Å². The summed E-state index contributed by atoms with van der Waals surface area (Å²) in [5.74, 6) is 1.08. The van der Waals surface area contributed by atoms with Gasteiger partial charge in [-0.15, -0.1) is 69.1 Å². The predicted octanol–water partition coefficient (Wildman–Crippen LogP) is 15.4. The summed E-state index contributed by atoms with van der Waals surface area (Å²) in [6.45, 7) is 22.4. The second-order valence-corrected chi connectivity index (χ2v) is 18.5. The van der Waals surface area contributed by atoms with E-state index in [0.717, 1.165) is 9.52 Å². The molecule has 0 saturated carbocycles. The molecule has 0 aliphatic carbocycles. The van der Waals surface area contributed by atoms with Crippen LogP contribution in [0.25, 0.3) is 43.8 Å². The van der Waals surface area contributed by atoms with Crippen LogP contribution in [0.1, 0.15) is 99.6 Å². The van der Waals surface area contributed by atoms with Gasteiger partial charge in [0.25, 0.3) is 0 Å². The number of benzene rings is 4. The molecule has 0 spiro atoms. The molecule has 262 valence electrons. The van der Waals surface area contributed by atoms with Gasteiger partial charge in [0, 0.05) is 9.52 Å². The zero-order chi connectivity index (χ0) is 36.8. The molecule has 50 heavy (non-hydrogen) atoms. The van der Waals surface area contributed by atoms with Crippen LogP contribution in [0.4, 0.5) is 0 Å². The van der Waals surface area contributed by atoms with Crippen LogP contribution in [0.3, 0.4) is 0 Å². The molecule has 6 aromatic carbocycles. The van der Waals surface area contributed by atoms with Crippen molar-refractivity contribution < 1.29 is 20.8 Å². The van der Waals surface area contributed by atoms with Gasteiger partial charge in [-0.3, -0.25) is 0 Å². The van der Waals surface area contributed by atoms with Crippen molar-refractivity contribution in [2.45, 2.75) is 106 Å². The first-order chi connectivity index (χ1) is 24.1. The van der Waals surface area contributed by atoms with Gasteiger partial charge in [0.1, 0.15) is 0 Å². The molecule has 0 atom stereocenters. The maximum atomic E-state index is 4.93. The van der Waals surface area contributed by atoms with E-state index < -0.39 is 20.8 Å². The van der Waals surface area contributed by atoms with Crippen molar-refractivity contribution in [2.75, 3.05) is 0 Å². The third-order valence-electron chi connectivity index (χ3n) is 9.10. The van der Waals surface area contributed by atoms with Gasteiger partial charge in [0.15, 0.2) is 0 Å². The van der Waals surface area contributed by atoms with Gasteiger partial charge in [-0.05, 0) is 60.8 Å². The normalized spacial score (nSPS) is 10.7. The maximum absolute atomic E-state index is 4.93. The summed E-state index contributed by atoms with van der Waals surface area (Å²) < 4.78 is 0. The monoisotopic (exact) mass is 796 g/mol. The number of rotatable bonds is 8. The van der Waals surface area contributed by atoms with E-state index in [1.165, 1.54) is 103 Å². The van der Waals surface area contributed by atoms with Crippen LogP contribution >= 0.6 is 17.0 Å². The SMILES string of the molecule is CCCc1cc2c(-c3ccccc3C(C)C)c(C)ccc2[cH-]1.CCCc1cc2c(-c3ccccc3C(C)C)c(C)ccc2[cH-]1.C[Si]C.[Cl][Zr+2][Cl]. The molecule has 2 radical (unpaired) electrons. The van der Waals surface area contributed by atoms with Crippen molar-refractivity contribution in [3.05, 3.63) is 130 Å². The van der Waals surface area contributed by atoms with Gasteiger partial charge in [-0.2, -0.15) is 12.1 Å². The minimum atomic E-state index is -0.826. The molecule has 0 aliphatic rings. The molecule has 4 heteroatoms. The zero-order valence-electron chi connectivity index (χ0n) is 32.0. The first kappa shape index (κ1) is 42.2. The van der Waals surface area contributed by atoms with Gasteiger partial charge < -0.3 is 0 Å². The van der Waals surface area contributed by atoms with Crippen molar-refractivity contribution >= 4 is 48.1 Å². The van der Waals surface area contributed by atoms with Crippen LogP contribution in [0.5, 0.6) is 0 Å². The minimum absolute atomic E-state index is 0.538. The topological polar surface area (TPSA) is 0 Å². The Morgan fingerprint density at radius 2 is 0.940 bits per heavy atom. The molecular formula is C46H56Cl2SiZr. The Bertz CT molecular complexity index is 1770. The van der Waals surface area contributed by atoms with Crippen LogP contribution in [0.15, 0.2) is 97.1 Å². The summed E-state index contributed by atoms with van der Waals surface area (Å²) in [5, 5.41) is 5.58. The first-order valence-electron chi connectivity index (χ1n) is 18.2. The van der Waals surface area contributed by atoms with Crippen molar-refractivity contribution in [3.8, 4) is 22.3 Å². The zero-order valence-corrected chi connectivity index (χ0v) is 36.9. The Kier molecular flexibility index (Phi) is 18.0. The summed E-state index contributed by atoms with van der Waals surface area (Å²) in [5.41, 5.74) is 14.2. The molecule has 0 nitrogen and oxygen atoms in total. The Hall–Kier alpha value is -2.22. The quantitative estimate of drug-likeness (QED) is 0.106. The van der Waals surface area contributed by atoms with E-state index in [4.69, 9.17) is 17.0 Å². The van der Waals surface area contributed by atoms with Crippen LogP contribution in [0, 0.1) is 13.8 Å². The summed E-state index contributed by atoms with van der Waals surface area (Å²) in [6, 6.07) is 36.3. The predicted molar refractivity (Wildman–Crippen MR) is 225 cm³/mol. The molecule has 0 aromatic heterocycles. The molecule has 6 rings (SSSR count). The number of hydrogen-bond donors (Lipinski definition) is 0. The molecule has 0 N–H and O–H groups in total. The van der Waals surface area contributed by atoms with Gasteiger partial charge in [-0.1, -0.05) is 138 Å². The third-order valence-corrected chi connectivity index (χ3v) is 9.10. The van der Waals surface area contributed by atoms with E-state index in [2.05, 4.69) is 166 Å². The number of aryl methyl sites for hydroxylation is 4. The van der Waals surface area contributed by atoms with Crippen molar-refractivity contribution in [1.82, 2.24) is 0 Å². The number of hydrogen-bond acceptors (Lipinski definition) is 0. The van der Waals surface area contributed by atoms with Crippen LogP contribution in [-0.4, -0.2) is 9.52 Å². The standard InChI is InChI=1S/2C22H25.C2H6Si.2ClH.Zr/c2*1-5-8-17-13-18-12-11-16(4)22(21(18)14-17)20-10-7-6-9-19(20)15(2)3;1-3-2;;;/h2*6-7,9-15H,5,8H2,1-4H3;1-2H3;2*1H;/q2*-1;;;;+4/p-2. The Balaban J connectivity index is 0.000000234. The number of fused-ring (bicyclic) bond motifs is 2.